The first-order valence-electron chi connectivity index (χ1n) is 8.04. The summed E-state index contributed by atoms with van der Waals surface area (Å²) in [5.41, 5.74) is 0.545. The van der Waals surface area contributed by atoms with Crippen LogP contribution in [0.2, 0.25) is 0 Å². The molecule has 0 spiro atoms. The second-order valence-corrected chi connectivity index (χ2v) is 6.23. The van der Waals surface area contributed by atoms with Crippen molar-refractivity contribution < 1.29 is 9.53 Å². The molecule has 3 heterocycles. The molecule has 2 atom stereocenters. The van der Waals surface area contributed by atoms with Gasteiger partial charge in [0.25, 0.3) is 5.91 Å². The molecular weight excluding hydrogens is 296 g/mol. The quantitative estimate of drug-likeness (QED) is 0.860. The summed E-state index contributed by atoms with van der Waals surface area (Å²) in [7, 11) is 1.75. The molecule has 2 aromatic heterocycles. The Labute approximate surface area is 133 Å². The van der Waals surface area contributed by atoms with E-state index >= 15 is 0 Å². The van der Waals surface area contributed by atoms with E-state index in [9.17, 15) is 4.79 Å². The fourth-order valence-corrected chi connectivity index (χ4v) is 2.91. The van der Waals surface area contributed by atoms with E-state index < -0.39 is 0 Å². The molecule has 0 aromatic carbocycles. The standard InChI is InChI=1S/C15H20N6O2/c1-21-11(6-7-17-21)15(22)16-8-10-4-5-12(23-10)14-18-13(19-20-14)9-2-3-9/h6-7,9-10,12H,2-5,8H2,1H3,(H,16,22)(H,18,19,20)/t10-,12+/m1/s1. The number of ether oxygens (including phenoxy) is 1. The van der Waals surface area contributed by atoms with Crippen LogP contribution >= 0.6 is 0 Å². The number of aromatic nitrogens is 5. The van der Waals surface area contributed by atoms with Crippen LogP contribution in [0.3, 0.4) is 0 Å². The minimum atomic E-state index is -0.132. The van der Waals surface area contributed by atoms with Crippen LogP contribution in [0.25, 0.3) is 0 Å². The van der Waals surface area contributed by atoms with Gasteiger partial charge in [-0.15, -0.1) is 0 Å². The van der Waals surface area contributed by atoms with E-state index in [1.165, 1.54) is 12.8 Å². The molecule has 23 heavy (non-hydrogen) atoms. The largest absolute Gasteiger partial charge is 0.365 e. The summed E-state index contributed by atoms with van der Waals surface area (Å²) >= 11 is 0. The fraction of sp³-hybridized carbons (Fsp3) is 0.600. The van der Waals surface area contributed by atoms with Gasteiger partial charge in [0.1, 0.15) is 11.8 Å². The maximum absolute atomic E-state index is 12.1. The predicted molar refractivity (Wildman–Crippen MR) is 80.7 cm³/mol. The number of aromatic amines is 1. The van der Waals surface area contributed by atoms with Gasteiger partial charge >= 0.3 is 0 Å². The van der Waals surface area contributed by atoms with Gasteiger partial charge < -0.3 is 10.1 Å². The van der Waals surface area contributed by atoms with Gasteiger partial charge in [0.15, 0.2) is 11.6 Å². The van der Waals surface area contributed by atoms with Crippen LogP contribution < -0.4 is 5.32 Å². The lowest BCUT2D eigenvalue weighted by atomic mass is 10.2. The van der Waals surface area contributed by atoms with Crippen LogP contribution in [-0.2, 0) is 11.8 Å². The van der Waals surface area contributed by atoms with Crippen molar-refractivity contribution in [3.8, 4) is 0 Å². The first-order chi connectivity index (χ1) is 11.2. The summed E-state index contributed by atoms with van der Waals surface area (Å²) in [6, 6.07) is 1.70. The molecule has 0 radical (unpaired) electrons. The first-order valence-corrected chi connectivity index (χ1v) is 8.04. The monoisotopic (exact) mass is 316 g/mol. The summed E-state index contributed by atoms with van der Waals surface area (Å²) in [6.45, 7) is 0.490. The zero-order valence-corrected chi connectivity index (χ0v) is 13.0. The third-order valence-electron chi connectivity index (χ3n) is 4.42. The average molecular weight is 316 g/mol. The molecule has 8 nitrogen and oxygen atoms in total. The Hall–Kier alpha value is -2.22. The Morgan fingerprint density at radius 2 is 2.30 bits per heavy atom. The molecule has 1 amide bonds. The number of H-pyrrole nitrogens is 1. The minimum absolute atomic E-state index is 0.00616. The number of nitrogens with zero attached hydrogens (tertiary/aromatic N) is 4. The molecule has 0 bridgehead atoms. The summed E-state index contributed by atoms with van der Waals surface area (Å²) in [5, 5.41) is 14.2. The van der Waals surface area contributed by atoms with E-state index in [1.807, 2.05) is 0 Å². The Kier molecular flexibility index (Phi) is 3.60. The van der Waals surface area contributed by atoms with Crippen LogP contribution in [0, 0.1) is 0 Å². The SMILES string of the molecule is Cn1nccc1C(=O)NC[C@H]1CC[C@@H](c2nc(C3CC3)n[nH]2)O1. The molecular formula is C15H20N6O2. The number of amides is 1. The maximum atomic E-state index is 12.1. The highest BCUT2D eigenvalue weighted by Crippen LogP contribution is 2.39. The number of hydrogen-bond donors (Lipinski definition) is 2. The van der Waals surface area contributed by atoms with Crippen molar-refractivity contribution in [3.63, 3.8) is 0 Å². The van der Waals surface area contributed by atoms with Gasteiger partial charge in [-0.2, -0.15) is 10.2 Å². The number of carbonyl (C=O) groups is 1. The number of rotatable bonds is 5. The van der Waals surface area contributed by atoms with Gasteiger partial charge in [0, 0.05) is 25.7 Å². The van der Waals surface area contributed by atoms with Crippen LogP contribution in [-0.4, -0.2) is 43.5 Å². The molecule has 2 aromatic rings. The second kappa shape index (κ2) is 5.77. The van der Waals surface area contributed by atoms with E-state index in [0.717, 1.165) is 24.5 Å². The van der Waals surface area contributed by atoms with Crippen LogP contribution in [0.1, 0.15) is 59.8 Å². The average Bonchev–Trinajstić information content (AvgIpc) is 2.96. The molecule has 4 rings (SSSR count). The van der Waals surface area contributed by atoms with E-state index in [0.29, 0.717) is 18.2 Å². The van der Waals surface area contributed by atoms with E-state index in [-0.39, 0.29) is 18.1 Å². The Morgan fingerprint density at radius 3 is 3.04 bits per heavy atom. The molecule has 2 N–H and O–H groups in total. The highest BCUT2D eigenvalue weighted by atomic mass is 16.5. The lowest BCUT2D eigenvalue weighted by Crippen LogP contribution is -2.33. The van der Waals surface area contributed by atoms with Crippen molar-refractivity contribution in [2.75, 3.05) is 6.54 Å². The molecule has 2 aliphatic rings. The van der Waals surface area contributed by atoms with Crippen LogP contribution in [0.4, 0.5) is 0 Å². The lowest BCUT2D eigenvalue weighted by Gasteiger charge is -2.13. The van der Waals surface area contributed by atoms with Gasteiger partial charge in [-0.1, -0.05) is 0 Å². The zero-order chi connectivity index (χ0) is 15.8. The highest BCUT2D eigenvalue weighted by Gasteiger charge is 2.32. The third-order valence-corrected chi connectivity index (χ3v) is 4.42. The Balaban J connectivity index is 1.30. The van der Waals surface area contributed by atoms with Crippen LogP contribution in [0.5, 0.6) is 0 Å². The molecule has 8 heteroatoms. The van der Waals surface area contributed by atoms with E-state index in [2.05, 4.69) is 25.6 Å². The van der Waals surface area contributed by atoms with Crippen molar-refractivity contribution in [2.45, 2.75) is 43.8 Å². The molecule has 1 saturated heterocycles. The molecule has 1 aliphatic carbocycles. The Bertz CT molecular complexity index is 704. The molecule has 122 valence electrons. The van der Waals surface area contributed by atoms with Crippen LogP contribution in [0.15, 0.2) is 12.3 Å². The lowest BCUT2D eigenvalue weighted by molar-refractivity contribution is 0.0391. The van der Waals surface area contributed by atoms with Crippen molar-refractivity contribution in [1.29, 1.82) is 0 Å². The van der Waals surface area contributed by atoms with Crippen molar-refractivity contribution in [1.82, 2.24) is 30.3 Å². The van der Waals surface area contributed by atoms with Crippen molar-refractivity contribution >= 4 is 5.91 Å². The van der Waals surface area contributed by atoms with Gasteiger partial charge in [-0.3, -0.25) is 14.6 Å². The number of nitrogens with one attached hydrogen (secondary N) is 2. The Morgan fingerprint density at radius 1 is 1.43 bits per heavy atom. The van der Waals surface area contributed by atoms with Gasteiger partial charge in [-0.05, 0) is 31.7 Å². The topological polar surface area (TPSA) is 97.7 Å². The summed E-state index contributed by atoms with van der Waals surface area (Å²) < 4.78 is 7.55. The van der Waals surface area contributed by atoms with E-state index in [4.69, 9.17) is 4.74 Å². The van der Waals surface area contributed by atoms with Crippen molar-refractivity contribution in [3.05, 3.63) is 29.6 Å². The maximum Gasteiger partial charge on any atom is 0.269 e. The minimum Gasteiger partial charge on any atom is -0.365 e. The van der Waals surface area contributed by atoms with Gasteiger partial charge in [0.2, 0.25) is 0 Å². The highest BCUT2D eigenvalue weighted by molar-refractivity contribution is 5.92. The number of hydrogen-bond acceptors (Lipinski definition) is 5. The summed E-state index contributed by atoms with van der Waals surface area (Å²) in [4.78, 5) is 16.6. The fourth-order valence-electron chi connectivity index (χ4n) is 2.91. The molecule has 1 saturated carbocycles. The predicted octanol–water partition coefficient (Wildman–Crippen LogP) is 1.07. The first kappa shape index (κ1) is 14.4. The third kappa shape index (κ3) is 2.98. The summed E-state index contributed by atoms with van der Waals surface area (Å²) in [6.07, 6.45) is 5.73. The zero-order valence-electron chi connectivity index (χ0n) is 13.0. The normalized spacial score (nSPS) is 24.0. The molecule has 0 unspecified atom stereocenters. The number of carbonyl (C=O) groups excluding carboxylic acids is 1. The van der Waals surface area contributed by atoms with E-state index in [1.54, 1.807) is 24.0 Å². The van der Waals surface area contributed by atoms with Crippen molar-refractivity contribution in [2.24, 2.45) is 7.05 Å². The summed E-state index contributed by atoms with van der Waals surface area (Å²) in [5.74, 6) is 2.13. The van der Waals surface area contributed by atoms with Gasteiger partial charge in [0.05, 0.1) is 6.10 Å². The smallest absolute Gasteiger partial charge is 0.269 e. The number of aryl methyl sites for hydroxylation is 1. The molecule has 2 fully saturated rings. The molecule has 1 aliphatic heterocycles. The van der Waals surface area contributed by atoms with Gasteiger partial charge in [-0.25, -0.2) is 4.98 Å². The second-order valence-electron chi connectivity index (χ2n) is 6.23.